The van der Waals surface area contributed by atoms with Gasteiger partial charge in [-0.3, -0.25) is 0 Å². The number of nitrogens with one attached hydrogen (secondary N) is 1. The summed E-state index contributed by atoms with van der Waals surface area (Å²) >= 11 is 0. The minimum atomic E-state index is -0.00989. The molecule has 1 aromatic carbocycles. The molecule has 3 heterocycles. The monoisotopic (exact) mass is 303 g/mol. The van der Waals surface area contributed by atoms with Gasteiger partial charge in [-0.15, -0.1) is 0 Å². The van der Waals surface area contributed by atoms with E-state index in [1.54, 1.807) is 24.4 Å². The highest BCUT2D eigenvalue weighted by Gasteiger charge is 2.07. The number of phenolic OH excluding ortho intramolecular Hbond substituents is 1. The smallest absolute Gasteiger partial charge is 0.210 e. The van der Waals surface area contributed by atoms with Crippen LogP contribution < -0.4 is 0 Å². The van der Waals surface area contributed by atoms with Gasteiger partial charge in [-0.1, -0.05) is 0 Å². The van der Waals surface area contributed by atoms with Crippen molar-refractivity contribution in [1.29, 1.82) is 0 Å². The van der Waals surface area contributed by atoms with Crippen LogP contribution in [0.5, 0.6) is 11.6 Å². The average molecular weight is 303 g/mol. The molecule has 0 atom stereocenters. The van der Waals surface area contributed by atoms with Gasteiger partial charge in [0.15, 0.2) is 0 Å². The number of hydrogen-bond acceptors (Lipinski definition) is 4. The molecule has 112 valence electrons. The number of aromatic amines is 1. The highest BCUT2D eigenvalue weighted by Crippen LogP contribution is 2.27. The summed E-state index contributed by atoms with van der Waals surface area (Å²) in [5.74, 6) is 0.231. The number of benzene rings is 1. The fourth-order valence-corrected chi connectivity index (χ4v) is 2.50. The molecule has 5 nitrogen and oxygen atoms in total. The fourth-order valence-electron chi connectivity index (χ4n) is 2.50. The van der Waals surface area contributed by atoms with E-state index in [-0.39, 0.29) is 11.6 Å². The molecule has 23 heavy (non-hydrogen) atoms. The largest absolute Gasteiger partial charge is 0.508 e. The number of phenols is 1. The first-order valence-corrected chi connectivity index (χ1v) is 7.13. The molecule has 0 bridgehead atoms. The third kappa shape index (κ3) is 2.48. The lowest BCUT2D eigenvalue weighted by Crippen LogP contribution is -1.85. The van der Waals surface area contributed by atoms with Crippen LogP contribution in [0.3, 0.4) is 0 Å². The lowest BCUT2D eigenvalue weighted by molar-refractivity contribution is 0.453. The quantitative estimate of drug-likeness (QED) is 0.527. The number of hydrogen-bond donors (Lipinski definition) is 3. The van der Waals surface area contributed by atoms with Gasteiger partial charge in [0, 0.05) is 28.9 Å². The molecule has 0 unspecified atom stereocenters. The van der Waals surface area contributed by atoms with Crippen LogP contribution in [-0.2, 0) is 0 Å². The zero-order chi connectivity index (χ0) is 15.8. The van der Waals surface area contributed by atoms with Crippen LogP contribution in [0, 0.1) is 0 Å². The second-order valence-corrected chi connectivity index (χ2v) is 5.27. The predicted octanol–water partition coefficient (Wildman–Crippen LogP) is 3.70. The van der Waals surface area contributed by atoms with Crippen molar-refractivity contribution in [3.8, 4) is 34.1 Å². The van der Waals surface area contributed by atoms with Gasteiger partial charge in [0.25, 0.3) is 0 Å². The Labute approximate surface area is 131 Å². The fraction of sp³-hybridized carbons (Fsp3) is 0. The van der Waals surface area contributed by atoms with Crippen molar-refractivity contribution in [3.63, 3.8) is 0 Å². The predicted molar refractivity (Wildman–Crippen MR) is 88.1 cm³/mol. The molecule has 4 rings (SSSR count). The molecule has 3 aromatic heterocycles. The standard InChI is InChI=1S/C18H13N3O2/c22-14-5-1-11(2-6-14)16-9-12-3-7-15(20-18(12)21-16)13-4-8-17(23)19-10-13/h1-10,22H,(H,19,23)(H,20,21). The normalized spacial score (nSPS) is 11.0. The lowest BCUT2D eigenvalue weighted by Gasteiger charge is -2.00. The summed E-state index contributed by atoms with van der Waals surface area (Å²) < 4.78 is 0. The Balaban J connectivity index is 1.77. The van der Waals surface area contributed by atoms with E-state index in [1.807, 2.05) is 30.3 Å². The number of aromatic nitrogens is 3. The van der Waals surface area contributed by atoms with Gasteiger partial charge >= 0.3 is 0 Å². The number of rotatable bonds is 2. The summed E-state index contributed by atoms with van der Waals surface area (Å²) in [6, 6.07) is 16.3. The van der Waals surface area contributed by atoms with Crippen molar-refractivity contribution in [2.24, 2.45) is 0 Å². The second-order valence-electron chi connectivity index (χ2n) is 5.27. The van der Waals surface area contributed by atoms with Crippen molar-refractivity contribution in [1.82, 2.24) is 15.0 Å². The minimum Gasteiger partial charge on any atom is -0.508 e. The van der Waals surface area contributed by atoms with Crippen molar-refractivity contribution >= 4 is 11.0 Å². The summed E-state index contributed by atoms with van der Waals surface area (Å²) in [7, 11) is 0. The van der Waals surface area contributed by atoms with E-state index >= 15 is 0 Å². The first-order valence-electron chi connectivity index (χ1n) is 7.13. The van der Waals surface area contributed by atoms with Crippen LogP contribution in [-0.4, -0.2) is 25.2 Å². The molecule has 0 radical (unpaired) electrons. The molecule has 0 aliphatic heterocycles. The van der Waals surface area contributed by atoms with Crippen LogP contribution >= 0.6 is 0 Å². The Morgan fingerprint density at radius 3 is 2.35 bits per heavy atom. The number of H-pyrrole nitrogens is 1. The number of fused-ring (bicyclic) bond motifs is 1. The van der Waals surface area contributed by atoms with Crippen molar-refractivity contribution in [2.45, 2.75) is 0 Å². The Hall–Kier alpha value is -3.34. The van der Waals surface area contributed by atoms with E-state index in [9.17, 15) is 10.2 Å². The first kappa shape index (κ1) is 13.3. The molecule has 0 fully saturated rings. The molecule has 0 spiro atoms. The molecule has 5 heteroatoms. The van der Waals surface area contributed by atoms with Crippen LogP contribution in [0.15, 0.2) is 60.8 Å². The van der Waals surface area contributed by atoms with Gasteiger partial charge in [0.2, 0.25) is 5.88 Å². The first-order chi connectivity index (χ1) is 11.2. The Morgan fingerprint density at radius 2 is 1.61 bits per heavy atom. The van der Waals surface area contributed by atoms with Gasteiger partial charge in [-0.2, -0.15) is 0 Å². The highest BCUT2D eigenvalue weighted by molar-refractivity contribution is 5.85. The van der Waals surface area contributed by atoms with Gasteiger partial charge in [0.1, 0.15) is 11.4 Å². The molecule has 0 amide bonds. The Morgan fingerprint density at radius 1 is 0.826 bits per heavy atom. The van der Waals surface area contributed by atoms with Crippen LogP contribution in [0.1, 0.15) is 0 Å². The van der Waals surface area contributed by atoms with E-state index in [0.717, 1.165) is 33.5 Å². The maximum absolute atomic E-state index is 9.38. The SMILES string of the molecule is Oc1ccc(-c2cc3ccc(-c4ccc(O)nc4)nc3[nH]2)cc1. The third-order valence-corrected chi connectivity index (χ3v) is 3.70. The van der Waals surface area contributed by atoms with Crippen LogP contribution in [0.4, 0.5) is 0 Å². The Kier molecular flexibility index (Phi) is 2.98. The summed E-state index contributed by atoms with van der Waals surface area (Å²) in [5.41, 5.74) is 4.32. The molecule has 0 aliphatic rings. The van der Waals surface area contributed by atoms with Gasteiger partial charge < -0.3 is 15.2 Å². The Bertz CT molecular complexity index is 930. The zero-order valence-corrected chi connectivity index (χ0v) is 12.1. The third-order valence-electron chi connectivity index (χ3n) is 3.70. The topological polar surface area (TPSA) is 82.0 Å². The van der Waals surface area contributed by atoms with Crippen molar-refractivity contribution in [3.05, 3.63) is 60.8 Å². The number of aromatic hydroxyl groups is 2. The van der Waals surface area contributed by atoms with Gasteiger partial charge in [0.05, 0.1) is 5.69 Å². The van der Waals surface area contributed by atoms with E-state index in [1.165, 1.54) is 6.07 Å². The maximum atomic E-state index is 9.38. The molecular weight excluding hydrogens is 290 g/mol. The van der Waals surface area contributed by atoms with Crippen LogP contribution in [0.25, 0.3) is 33.5 Å². The molecule has 0 saturated heterocycles. The van der Waals surface area contributed by atoms with Gasteiger partial charge in [-0.05, 0) is 54.1 Å². The number of nitrogens with zero attached hydrogens (tertiary/aromatic N) is 2. The zero-order valence-electron chi connectivity index (χ0n) is 12.1. The summed E-state index contributed by atoms with van der Waals surface area (Å²) in [6.45, 7) is 0. The van der Waals surface area contributed by atoms with Crippen molar-refractivity contribution in [2.75, 3.05) is 0 Å². The van der Waals surface area contributed by atoms with Gasteiger partial charge in [-0.25, -0.2) is 9.97 Å². The van der Waals surface area contributed by atoms with E-state index in [2.05, 4.69) is 15.0 Å². The molecule has 0 saturated carbocycles. The van der Waals surface area contributed by atoms with E-state index < -0.39 is 0 Å². The van der Waals surface area contributed by atoms with E-state index in [0.29, 0.717) is 0 Å². The molecule has 3 N–H and O–H groups in total. The number of pyridine rings is 2. The minimum absolute atomic E-state index is 0.00989. The second kappa shape index (κ2) is 5.14. The molecule has 0 aliphatic carbocycles. The molecule has 4 aromatic rings. The van der Waals surface area contributed by atoms with Crippen molar-refractivity contribution < 1.29 is 10.2 Å². The summed E-state index contributed by atoms with van der Waals surface area (Å²) in [5, 5.41) is 19.7. The lowest BCUT2D eigenvalue weighted by atomic mass is 10.1. The molecular formula is C18H13N3O2. The maximum Gasteiger partial charge on any atom is 0.210 e. The summed E-state index contributed by atoms with van der Waals surface area (Å²) in [4.78, 5) is 11.8. The summed E-state index contributed by atoms with van der Waals surface area (Å²) in [6.07, 6.45) is 1.59. The van der Waals surface area contributed by atoms with E-state index in [4.69, 9.17) is 0 Å². The highest BCUT2D eigenvalue weighted by atomic mass is 16.3. The average Bonchev–Trinajstić information content (AvgIpc) is 2.99. The van der Waals surface area contributed by atoms with Crippen LogP contribution in [0.2, 0.25) is 0 Å².